The van der Waals surface area contributed by atoms with Gasteiger partial charge < -0.3 is 15.4 Å². The maximum absolute atomic E-state index is 11.3. The number of anilines is 2. The Morgan fingerprint density at radius 2 is 1.87 bits per heavy atom. The molecule has 23 heavy (non-hydrogen) atoms. The number of aromatic nitrogens is 2. The van der Waals surface area contributed by atoms with Crippen molar-refractivity contribution < 1.29 is 9.90 Å². The predicted molar refractivity (Wildman–Crippen MR) is 90.7 cm³/mol. The molecule has 0 bridgehead atoms. The normalized spacial score (nSPS) is 10.5. The Morgan fingerprint density at radius 3 is 2.48 bits per heavy atom. The molecule has 0 unspecified atom stereocenters. The van der Waals surface area contributed by atoms with E-state index < -0.39 is 5.97 Å². The molecule has 0 atom stereocenters. The summed E-state index contributed by atoms with van der Waals surface area (Å²) < 4.78 is 0. The van der Waals surface area contributed by atoms with Crippen LogP contribution in [0.2, 0.25) is 10.0 Å². The van der Waals surface area contributed by atoms with Gasteiger partial charge in [-0.2, -0.15) is 0 Å². The predicted octanol–water partition coefficient (Wildman–Crippen LogP) is 4.83. The second-order valence-corrected chi connectivity index (χ2v) is 5.57. The maximum atomic E-state index is 11.3. The molecule has 0 aliphatic heterocycles. The lowest BCUT2D eigenvalue weighted by Crippen LogP contribution is -2.03. The first kappa shape index (κ1) is 15.4. The number of imidazole rings is 1. The number of carbonyl (C=O) groups is 1. The summed E-state index contributed by atoms with van der Waals surface area (Å²) in [6, 6.07) is 10.00. The van der Waals surface area contributed by atoms with Crippen LogP contribution >= 0.6 is 23.2 Å². The minimum absolute atomic E-state index is 0.136. The highest BCUT2D eigenvalue weighted by Gasteiger charge is 2.14. The van der Waals surface area contributed by atoms with Crippen LogP contribution in [-0.4, -0.2) is 21.0 Å². The van der Waals surface area contributed by atoms with Crippen molar-refractivity contribution in [3.63, 3.8) is 0 Å². The van der Waals surface area contributed by atoms with Crippen molar-refractivity contribution in [3.05, 3.63) is 64.5 Å². The molecule has 0 aliphatic rings. The Bertz CT molecular complexity index is 841. The first-order valence-electron chi connectivity index (χ1n) is 6.63. The molecule has 3 aromatic rings. The molecule has 116 valence electrons. The second kappa shape index (κ2) is 6.32. The van der Waals surface area contributed by atoms with Gasteiger partial charge >= 0.3 is 5.97 Å². The Morgan fingerprint density at radius 1 is 1.17 bits per heavy atom. The van der Waals surface area contributed by atoms with E-state index in [9.17, 15) is 9.90 Å². The number of aromatic amines is 1. The third-order valence-electron chi connectivity index (χ3n) is 3.27. The zero-order valence-electron chi connectivity index (χ0n) is 11.7. The number of aromatic carboxylic acids is 1. The molecule has 3 N–H and O–H groups in total. The number of nitrogens with zero attached hydrogens (tertiary/aromatic N) is 1. The molecule has 2 aromatic carbocycles. The van der Waals surface area contributed by atoms with E-state index in [1.54, 1.807) is 42.9 Å². The van der Waals surface area contributed by atoms with Crippen molar-refractivity contribution >= 4 is 40.5 Å². The number of carboxylic acid groups (broad SMARTS) is 1. The summed E-state index contributed by atoms with van der Waals surface area (Å²) in [5.41, 5.74) is 2.57. The first-order chi connectivity index (χ1) is 11.1. The average molecular weight is 348 g/mol. The molecule has 0 spiro atoms. The molecular formula is C16H11Cl2N3O2. The monoisotopic (exact) mass is 347 g/mol. The van der Waals surface area contributed by atoms with Crippen LogP contribution in [0.15, 0.2) is 48.9 Å². The number of hydrogen-bond acceptors (Lipinski definition) is 3. The van der Waals surface area contributed by atoms with Gasteiger partial charge in [-0.15, -0.1) is 0 Å². The topological polar surface area (TPSA) is 78.0 Å². The number of halogens is 2. The van der Waals surface area contributed by atoms with Gasteiger partial charge in [-0.1, -0.05) is 35.3 Å². The Kier molecular flexibility index (Phi) is 4.23. The molecule has 0 amide bonds. The van der Waals surface area contributed by atoms with Gasteiger partial charge in [0.15, 0.2) is 0 Å². The van der Waals surface area contributed by atoms with Gasteiger partial charge in [0.1, 0.15) is 0 Å². The molecule has 0 saturated heterocycles. The lowest BCUT2D eigenvalue weighted by molar-refractivity contribution is 0.0698. The molecule has 0 fully saturated rings. The van der Waals surface area contributed by atoms with Gasteiger partial charge in [-0.05, 0) is 24.3 Å². The van der Waals surface area contributed by atoms with Crippen LogP contribution in [0.1, 0.15) is 10.4 Å². The first-order valence-corrected chi connectivity index (χ1v) is 7.39. The molecule has 3 rings (SSSR count). The number of H-pyrrole nitrogens is 1. The summed E-state index contributed by atoms with van der Waals surface area (Å²) in [4.78, 5) is 18.2. The van der Waals surface area contributed by atoms with E-state index in [4.69, 9.17) is 23.2 Å². The van der Waals surface area contributed by atoms with Gasteiger partial charge in [0.25, 0.3) is 0 Å². The minimum Gasteiger partial charge on any atom is -0.478 e. The summed E-state index contributed by atoms with van der Waals surface area (Å²) in [6.07, 6.45) is 3.22. The fourth-order valence-electron chi connectivity index (χ4n) is 2.18. The Balaban J connectivity index is 2.00. The summed E-state index contributed by atoms with van der Waals surface area (Å²) in [5, 5.41) is 13.0. The van der Waals surface area contributed by atoms with Crippen molar-refractivity contribution in [1.82, 2.24) is 9.97 Å². The number of rotatable bonds is 4. The van der Waals surface area contributed by atoms with Crippen LogP contribution in [-0.2, 0) is 0 Å². The fourth-order valence-corrected chi connectivity index (χ4v) is 2.76. The quantitative estimate of drug-likeness (QED) is 0.631. The second-order valence-electron chi connectivity index (χ2n) is 4.76. The number of nitrogens with one attached hydrogen (secondary N) is 2. The van der Waals surface area contributed by atoms with Crippen LogP contribution in [0.3, 0.4) is 0 Å². The van der Waals surface area contributed by atoms with E-state index in [1.165, 1.54) is 6.07 Å². The molecule has 0 saturated carbocycles. The standard InChI is InChI=1S/C16H11Cl2N3O2/c17-11-5-9(14-7-19-8-20-14)6-12(18)15(11)21-13-4-2-1-3-10(13)16(22)23/h1-8,21H,(H,19,20)(H,22,23). The highest BCUT2D eigenvalue weighted by molar-refractivity contribution is 6.39. The SMILES string of the molecule is O=C(O)c1ccccc1Nc1c(Cl)cc(-c2cnc[nH]2)cc1Cl. The highest BCUT2D eigenvalue weighted by Crippen LogP contribution is 2.37. The van der Waals surface area contributed by atoms with E-state index in [2.05, 4.69) is 15.3 Å². The number of benzene rings is 2. The van der Waals surface area contributed by atoms with E-state index in [0.717, 1.165) is 11.3 Å². The average Bonchev–Trinajstić information content (AvgIpc) is 3.05. The molecule has 5 nitrogen and oxygen atoms in total. The highest BCUT2D eigenvalue weighted by atomic mass is 35.5. The van der Waals surface area contributed by atoms with Crippen LogP contribution < -0.4 is 5.32 Å². The van der Waals surface area contributed by atoms with Crippen molar-refractivity contribution in [1.29, 1.82) is 0 Å². The molecule has 1 heterocycles. The van der Waals surface area contributed by atoms with Crippen LogP contribution in [0.4, 0.5) is 11.4 Å². The number of carboxylic acids is 1. The number of hydrogen-bond donors (Lipinski definition) is 3. The lowest BCUT2D eigenvalue weighted by atomic mass is 10.1. The summed E-state index contributed by atoms with van der Waals surface area (Å²) in [7, 11) is 0. The van der Waals surface area contributed by atoms with E-state index in [0.29, 0.717) is 21.4 Å². The van der Waals surface area contributed by atoms with Crippen LogP contribution in [0.5, 0.6) is 0 Å². The Hall–Kier alpha value is -2.50. The lowest BCUT2D eigenvalue weighted by Gasteiger charge is -2.13. The largest absolute Gasteiger partial charge is 0.478 e. The summed E-state index contributed by atoms with van der Waals surface area (Å²) in [6.45, 7) is 0. The van der Waals surface area contributed by atoms with E-state index in [1.807, 2.05) is 0 Å². The molecule has 7 heteroatoms. The van der Waals surface area contributed by atoms with Crippen molar-refractivity contribution in [2.24, 2.45) is 0 Å². The Labute approximate surface area is 141 Å². The van der Waals surface area contributed by atoms with Crippen molar-refractivity contribution in [2.75, 3.05) is 5.32 Å². The summed E-state index contributed by atoms with van der Waals surface area (Å²) >= 11 is 12.6. The summed E-state index contributed by atoms with van der Waals surface area (Å²) in [5.74, 6) is -1.03. The third kappa shape index (κ3) is 3.16. The molecule has 1 aromatic heterocycles. The smallest absolute Gasteiger partial charge is 0.337 e. The van der Waals surface area contributed by atoms with E-state index in [-0.39, 0.29) is 5.56 Å². The molecule has 0 aliphatic carbocycles. The minimum atomic E-state index is -1.03. The van der Waals surface area contributed by atoms with Gasteiger partial charge in [0, 0.05) is 5.56 Å². The van der Waals surface area contributed by atoms with E-state index >= 15 is 0 Å². The third-order valence-corrected chi connectivity index (χ3v) is 3.86. The molecule has 0 radical (unpaired) electrons. The van der Waals surface area contributed by atoms with Crippen molar-refractivity contribution in [3.8, 4) is 11.3 Å². The van der Waals surface area contributed by atoms with Gasteiger partial charge in [-0.3, -0.25) is 0 Å². The molecular weight excluding hydrogens is 337 g/mol. The zero-order chi connectivity index (χ0) is 16.4. The maximum Gasteiger partial charge on any atom is 0.337 e. The van der Waals surface area contributed by atoms with Gasteiger partial charge in [0.05, 0.1) is 45.2 Å². The van der Waals surface area contributed by atoms with Crippen LogP contribution in [0.25, 0.3) is 11.3 Å². The van der Waals surface area contributed by atoms with Gasteiger partial charge in [0.2, 0.25) is 0 Å². The van der Waals surface area contributed by atoms with Gasteiger partial charge in [-0.25, -0.2) is 9.78 Å². The van der Waals surface area contributed by atoms with Crippen LogP contribution in [0, 0.1) is 0 Å². The van der Waals surface area contributed by atoms with Crippen molar-refractivity contribution in [2.45, 2.75) is 0 Å². The fraction of sp³-hybridized carbons (Fsp3) is 0. The number of para-hydroxylation sites is 1. The zero-order valence-corrected chi connectivity index (χ0v) is 13.2.